The first-order valence-electron chi connectivity index (χ1n) is 9.18. The SMILES string of the molecule is CCC1CN(C(=NC)NCC(=O)N2CCCc3ccccc32)CCS1.I. The summed E-state index contributed by atoms with van der Waals surface area (Å²) >= 11 is 2.03. The molecule has 5 nitrogen and oxygen atoms in total. The minimum atomic E-state index is 0. The zero-order chi connectivity index (χ0) is 17.6. The zero-order valence-electron chi connectivity index (χ0n) is 15.6. The van der Waals surface area contributed by atoms with Gasteiger partial charge in [-0.25, -0.2) is 0 Å². The summed E-state index contributed by atoms with van der Waals surface area (Å²) in [5.74, 6) is 2.08. The van der Waals surface area contributed by atoms with Gasteiger partial charge in [0, 0.05) is 43.4 Å². The van der Waals surface area contributed by atoms with Gasteiger partial charge in [-0.3, -0.25) is 9.79 Å². The van der Waals surface area contributed by atoms with Crippen LogP contribution < -0.4 is 10.2 Å². The zero-order valence-corrected chi connectivity index (χ0v) is 18.8. The number of aryl methyl sites for hydroxylation is 1. The van der Waals surface area contributed by atoms with Crippen molar-refractivity contribution in [1.29, 1.82) is 0 Å². The molecule has 1 fully saturated rings. The number of para-hydroxylation sites is 1. The highest BCUT2D eigenvalue weighted by Gasteiger charge is 2.24. The molecule has 1 atom stereocenters. The smallest absolute Gasteiger partial charge is 0.246 e. The highest BCUT2D eigenvalue weighted by atomic mass is 127. The van der Waals surface area contributed by atoms with Crippen LogP contribution in [0.2, 0.25) is 0 Å². The third-order valence-electron chi connectivity index (χ3n) is 4.91. The Morgan fingerprint density at radius 3 is 2.92 bits per heavy atom. The highest BCUT2D eigenvalue weighted by Crippen LogP contribution is 2.26. The first-order valence-corrected chi connectivity index (χ1v) is 10.2. The molecule has 26 heavy (non-hydrogen) atoms. The average molecular weight is 488 g/mol. The lowest BCUT2D eigenvalue weighted by Crippen LogP contribution is -2.51. The molecule has 1 amide bonds. The molecule has 0 radical (unpaired) electrons. The van der Waals surface area contributed by atoms with Crippen molar-refractivity contribution < 1.29 is 4.79 Å². The predicted octanol–water partition coefficient (Wildman–Crippen LogP) is 2.99. The maximum absolute atomic E-state index is 12.8. The molecule has 2 aliphatic rings. The lowest BCUT2D eigenvalue weighted by molar-refractivity contribution is -0.117. The largest absolute Gasteiger partial charge is 0.347 e. The van der Waals surface area contributed by atoms with Crippen LogP contribution in [-0.2, 0) is 11.2 Å². The van der Waals surface area contributed by atoms with Crippen LogP contribution in [0.25, 0.3) is 0 Å². The van der Waals surface area contributed by atoms with Gasteiger partial charge in [0.05, 0.1) is 6.54 Å². The molecule has 7 heteroatoms. The maximum Gasteiger partial charge on any atom is 0.246 e. The van der Waals surface area contributed by atoms with Gasteiger partial charge in [-0.2, -0.15) is 11.8 Å². The van der Waals surface area contributed by atoms with E-state index in [9.17, 15) is 4.79 Å². The number of anilines is 1. The number of aliphatic imine (C=N–C) groups is 1. The van der Waals surface area contributed by atoms with E-state index in [-0.39, 0.29) is 29.9 Å². The fourth-order valence-corrected chi connectivity index (χ4v) is 4.71. The van der Waals surface area contributed by atoms with Gasteiger partial charge in [0.15, 0.2) is 5.96 Å². The third-order valence-corrected chi connectivity index (χ3v) is 6.29. The second-order valence-corrected chi connectivity index (χ2v) is 7.93. The molecular weight excluding hydrogens is 459 g/mol. The number of fused-ring (bicyclic) bond motifs is 1. The summed E-state index contributed by atoms with van der Waals surface area (Å²) in [6, 6.07) is 8.23. The number of carbonyl (C=O) groups is 1. The molecule has 1 aromatic rings. The number of amides is 1. The summed E-state index contributed by atoms with van der Waals surface area (Å²) in [7, 11) is 1.80. The molecule has 0 saturated carbocycles. The van der Waals surface area contributed by atoms with Gasteiger partial charge in [-0.1, -0.05) is 25.1 Å². The van der Waals surface area contributed by atoms with Crippen molar-refractivity contribution in [2.75, 3.05) is 43.9 Å². The molecule has 3 rings (SSSR count). The molecule has 1 N–H and O–H groups in total. The van der Waals surface area contributed by atoms with Crippen LogP contribution in [-0.4, -0.2) is 61.0 Å². The Labute approximate surface area is 178 Å². The van der Waals surface area contributed by atoms with Crippen LogP contribution in [0.15, 0.2) is 29.3 Å². The fourth-order valence-electron chi connectivity index (χ4n) is 3.53. The molecule has 1 saturated heterocycles. The molecule has 0 bridgehead atoms. The van der Waals surface area contributed by atoms with E-state index in [1.807, 2.05) is 28.8 Å². The van der Waals surface area contributed by atoms with Crippen LogP contribution >= 0.6 is 35.7 Å². The van der Waals surface area contributed by atoms with E-state index in [4.69, 9.17) is 0 Å². The van der Waals surface area contributed by atoms with Crippen LogP contribution in [0, 0.1) is 0 Å². The van der Waals surface area contributed by atoms with Gasteiger partial charge in [0.1, 0.15) is 0 Å². The van der Waals surface area contributed by atoms with E-state index in [2.05, 4.69) is 34.3 Å². The minimum Gasteiger partial charge on any atom is -0.347 e. The van der Waals surface area contributed by atoms with Crippen molar-refractivity contribution in [2.45, 2.75) is 31.4 Å². The quantitative estimate of drug-likeness (QED) is 0.404. The van der Waals surface area contributed by atoms with E-state index in [1.165, 1.54) is 12.0 Å². The highest BCUT2D eigenvalue weighted by molar-refractivity contribution is 14.0. The Bertz CT molecular complexity index is 640. The van der Waals surface area contributed by atoms with Crippen molar-refractivity contribution >= 4 is 53.3 Å². The van der Waals surface area contributed by atoms with E-state index >= 15 is 0 Å². The number of nitrogens with zero attached hydrogens (tertiary/aromatic N) is 3. The molecule has 144 valence electrons. The summed E-state index contributed by atoms with van der Waals surface area (Å²) in [5.41, 5.74) is 2.33. The topological polar surface area (TPSA) is 47.9 Å². The Morgan fingerprint density at radius 2 is 2.15 bits per heavy atom. The lowest BCUT2D eigenvalue weighted by Gasteiger charge is -2.35. The number of benzene rings is 1. The number of nitrogens with one attached hydrogen (secondary N) is 1. The Hall–Kier alpha value is -0.960. The predicted molar refractivity (Wildman–Crippen MR) is 122 cm³/mol. The van der Waals surface area contributed by atoms with Crippen molar-refractivity contribution in [3.05, 3.63) is 29.8 Å². The molecule has 0 spiro atoms. The molecule has 0 aromatic heterocycles. The average Bonchev–Trinajstić information content (AvgIpc) is 2.68. The van der Waals surface area contributed by atoms with Gasteiger partial charge in [-0.05, 0) is 30.9 Å². The fraction of sp³-hybridized carbons (Fsp3) is 0.579. The van der Waals surface area contributed by atoms with Crippen LogP contribution in [0.3, 0.4) is 0 Å². The van der Waals surface area contributed by atoms with E-state index in [0.717, 1.165) is 49.9 Å². The Kier molecular flexibility index (Phi) is 8.53. The molecule has 0 aliphatic carbocycles. The molecule has 2 heterocycles. The van der Waals surface area contributed by atoms with Crippen molar-refractivity contribution in [1.82, 2.24) is 10.2 Å². The summed E-state index contributed by atoms with van der Waals surface area (Å²) < 4.78 is 0. The number of guanidine groups is 1. The molecule has 2 aliphatic heterocycles. The minimum absolute atomic E-state index is 0. The van der Waals surface area contributed by atoms with E-state index in [1.54, 1.807) is 7.05 Å². The number of hydrogen-bond acceptors (Lipinski definition) is 3. The third kappa shape index (κ3) is 5.06. The molecule has 1 aromatic carbocycles. The van der Waals surface area contributed by atoms with Crippen LogP contribution in [0.5, 0.6) is 0 Å². The van der Waals surface area contributed by atoms with Gasteiger partial charge >= 0.3 is 0 Å². The summed E-state index contributed by atoms with van der Waals surface area (Å²) in [5, 5.41) is 3.94. The van der Waals surface area contributed by atoms with E-state index < -0.39 is 0 Å². The standard InChI is InChI=1S/C19H28N4OS.HI/c1-3-16-14-22(11-12-25-16)19(20-2)21-13-18(24)23-10-6-8-15-7-4-5-9-17(15)23;/h4-5,7,9,16H,3,6,8,10-14H2,1-2H3,(H,20,21);1H. The number of thioether (sulfide) groups is 1. The van der Waals surface area contributed by atoms with Gasteiger partial charge in [0.25, 0.3) is 0 Å². The monoisotopic (exact) mass is 488 g/mol. The number of halogens is 1. The summed E-state index contributed by atoms with van der Waals surface area (Å²) in [6.45, 7) is 5.31. The maximum atomic E-state index is 12.8. The lowest BCUT2D eigenvalue weighted by atomic mass is 10.0. The van der Waals surface area contributed by atoms with Gasteiger partial charge in [0.2, 0.25) is 5.91 Å². The Balaban J connectivity index is 0.00000243. The second-order valence-electron chi connectivity index (χ2n) is 6.53. The van der Waals surface area contributed by atoms with E-state index in [0.29, 0.717) is 11.8 Å². The van der Waals surface area contributed by atoms with Gasteiger partial charge < -0.3 is 15.1 Å². The number of hydrogen-bond donors (Lipinski definition) is 1. The van der Waals surface area contributed by atoms with Crippen molar-refractivity contribution in [3.8, 4) is 0 Å². The van der Waals surface area contributed by atoms with Crippen LogP contribution in [0.4, 0.5) is 5.69 Å². The first kappa shape index (κ1) is 21.3. The van der Waals surface area contributed by atoms with Crippen LogP contribution in [0.1, 0.15) is 25.3 Å². The van der Waals surface area contributed by atoms with Crippen molar-refractivity contribution in [3.63, 3.8) is 0 Å². The number of carbonyl (C=O) groups excluding carboxylic acids is 1. The normalized spacial score (nSPS) is 20.2. The first-order chi connectivity index (χ1) is 12.2. The molecular formula is C19H29IN4OS. The Morgan fingerprint density at radius 1 is 1.35 bits per heavy atom. The second kappa shape index (κ2) is 10.4. The summed E-state index contributed by atoms with van der Waals surface area (Å²) in [4.78, 5) is 21.4. The summed E-state index contributed by atoms with van der Waals surface area (Å²) in [6.07, 6.45) is 3.25. The van der Waals surface area contributed by atoms with Gasteiger partial charge in [-0.15, -0.1) is 24.0 Å². The van der Waals surface area contributed by atoms with Crippen molar-refractivity contribution in [2.24, 2.45) is 4.99 Å². The number of rotatable bonds is 3. The molecule has 1 unspecified atom stereocenters.